The van der Waals surface area contributed by atoms with Crippen LogP contribution >= 0.6 is 23.2 Å². The van der Waals surface area contributed by atoms with Crippen LogP contribution in [0.3, 0.4) is 0 Å². The van der Waals surface area contributed by atoms with Crippen molar-refractivity contribution >= 4 is 64.8 Å². The van der Waals surface area contributed by atoms with Crippen LogP contribution in [0.1, 0.15) is 36.3 Å². The van der Waals surface area contributed by atoms with E-state index in [-0.39, 0.29) is 89.0 Å². The fourth-order valence-corrected chi connectivity index (χ4v) is 10.3. The van der Waals surface area contributed by atoms with Crippen LogP contribution in [0.15, 0.2) is 54.6 Å². The van der Waals surface area contributed by atoms with Gasteiger partial charge in [-0.3, -0.25) is 43.6 Å². The number of anilines is 1. The van der Waals surface area contributed by atoms with E-state index in [1.165, 1.54) is 0 Å². The number of ether oxygens (including phenoxy) is 7. The number of benzene rings is 3. The van der Waals surface area contributed by atoms with Crippen LogP contribution in [0.4, 0.5) is 5.69 Å². The summed E-state index contributed by atoms with van der Waals surface area (Å²) in [6, 6.07) is 16.2. The monoisotopic (exact) mass is 1200 g/mol. The number of carbonyl (C=O) groups excluding carboxylic acids is 4. The summed E-state index contributed by atoms with van der Waals surface area (Å²) < 4.78 is 42.1. The molecule has 2 saturated heterocycles. The van der Waals surface area contributed by atoms with Crippen molar-refractivity contribution in [3.8, 4) is 39.6 Å². The molecule has 4 N–H and O–H groups in total. The number of hydrogen-bond donors (Lipinski definition) is 4. The second kappa shape index (κ2) is 32.1. The predicted molar refractivity (Wildman–Crippen MR) is 308 cm³/mol. The molecular formula is C57H75Cl2N9O15. The maximum atomic E-state index is 14.4. The second-order valence-corrected chi connectivity index (χ2v) is 21.5. The van der Waals surface area contributed by atoms with Gasteiger partial charge in [-0.2, -0.15) is 5.10 Å². The van der Waals surface area contributed by atoms with Gasteiger partial charge in [-0.05, 0) is 55.8 Å². The third-order valence-corrected chi connectivity index (χ3v) is 14.5. The first-order valence-corrected chi connectivity index (χ1v) is 28.3. The Morgan fingerprint density at radius 1 is 0.711 bits per heavy atom. The number of rotatable bonds is 28. The van der Waals surface area contributed by atoms with Crippen LogP contribution in [0, 0.1) is 0 Å². The Balaban J connectivity index is 0.803. The number of morpholine rings is 1. The van der Waals surface area contributed by atoms with Crippen LogP contribution in [-0.2, 0) is 54.3 Å². The van der Waals surface area contributed by atoms with Gasteiger partial charge in [0.2, 0.25) is 11.8 Å². The van der Waals surface area contributed by atoms with Crippen molar-refractivity contribution in [3.63, 3.8) is 0 Å². The molecule has 0 unspecified atom stereocenters. The number of carboxylic acids is 2. The molecule has 26 heteroatoms. The van der Waals surface area contributed by atoms with Crippen molar-refractivity contribution in [1.82, 2.24) is 39.6 Å². The number of halogens is 2. The summed E-state index contributed by atoms with van der Waals surface area (Å²) in [4.78, 5) is 83.8. The fourth-order valence-electron chi connectivity index (χ4n) is 9.82. The van der Waals surface area contributed by atoms with E-state index in [4.69, 9.17) is 61.5 Å². The number of amides is 3. The number of fused-ring (bicyclic) bond motifs is 3. The first-order chi connectivity index (χ1) is 40.0. The first kappa shape index (κ1) is 64.3. The number of carboxylic acid groups (broad SMARTS) is 2. The van der Waals surface area contributed by atoms with Gasteiger partial charge < -0.3 is 63.7 Å². The molecule has 4 heterocycles. The molecule has 452 valence electrons. The Labute approximate surface area is 492 Å². The second-order valence-electron chi connectivity index (χ2n) is 20.6. The molecule has 3 aromatic carbocycles. The third kappa shape index (κ3) is 19.4. The van der Waals surface area contributed by atoms with E-state index >= 15 is 0 Å². The van der Waals surface area contributed by atoms with Crippen molar-refractivity contribution in [1.29, 1.82) is 0 Å². The Bertz CT molecular complexity index is 2810. The van der Waals surface area contributed by atoms with E-state index in [0.717, 1.165) is 11.8 Å². The van der Waals surface area contributed by atoms with E-state index in [0.29, 0.717) is 160 Å². The van der Waals surface area contributed by atoms with Crippen LogP contribution in [0.2, 0.25) is 10.0 Å². The number of methoxy groups -OCH3 is 1. The summed E-state index contributed by atoms with van der Waals surface area (Å²) in [7, 11) is 1.57. The largest absolute Gasteiger partial charge is 0.496 e. The highest BCUT2D eigenvalue weighted by Crippen LogP contribution is 2.47. The average Bonchev–Trinajstić information content (AvgIpc) is 2.77. The highest BCUT2D eigenvalue weighted by atomic mass is 35.5. The minimum atomic E-state index is -0.978. The van der Waals surface area contributed by atoms with Gasteiger partial charge in [-0.15, -0.1) is 0 Å². The van der Waals surface area contributed by atoms with Crippen LogP contribution in [0.5, 0.6) is 11.5 Å². The highest BCUT2D eigenvalue weighted by Gasteiger charge is 2.39. The highest BCUT2D eigenvalue weighted by molar-refractivity contribution is 6.34. The molecule has 0 radical (unpaired) electrons. The van der Waals surface area contributed by atoms with Gasteiger partial charge in [-0.25, -0.2) is 4.68 Å². The summed E-state index contributed by atoms with van der Waals surface area (Å²) in [5.41, 5.74) is 4.15. The van der Waals surface area contributed by atoms with Gasteiger partial charge in [-0.1, -0.05) is 35.3 Å². The molecule has 0 spiro atoms. The molecule has 3 amide bonds. The Kier molecular flexibility index (Phi) is 24.9. The lowest BCUT2D eigenvalue weighted by Crippen LogP contribution is -2.55. The maximum absolute atomic E-state index is 14.4. The summed E-state index contributed by atoms with van der Waals surface area (Å²) in [6.07, 6.45) is 0.883. The smallest absolute Gasteiger partial charge is 0.317 e. The zero-order chi connectivity index (χ0) is 59.3. The quantitative estimate of drug-likeness (QED) is 0.0466. The maximum Gasteiger partial charge on any atom is 0.317 e. The SMILES string of the molecule is COc1cc2c(cc1-c1cccc(NC(=O)CCOCCOCCOCCOCCNC(=O)CN3CCN(CC(=O)O)CCN(CC=O)CCN(CC(=O)O)CC3)c1)-c1c(c(C(=O)N3CCOCC3(C)C)nn1-c1cc(Cl)cc(Cl)c1)CO2. The topological polar surface area (TPSA) is 266 Å². The number of aliphatic carboxylic acids is 2. The number of aromatic nitrogens is 2. The third-order valence-electron chi connectivity index (χ3n) is 14.1. The molecule has 0 aliphatic carbocycles. The molecule has 24 nitrogen and oxygen atoms in total. The van der Waals surface area contributed by atoms with Gasteiger partial charge in [0.15, 0.2) is 5.69 Å². The van der Waals surface area contributed by atoms with Gasteiger partial charge >= 0.3 is 11.9 Å². The molecule has 0 saturated carbocycles. The average molecular weight is 1200 g/mol. The standard InChI is InChI=1S/C57H75Cl2N9O15/c1-57(2)39-82-22-18-67(57)56(76)54-47-38-83-49-34-48(77-3)45(33-46(49)55(47)68(62-54)44-31-41(58)30-42(59)32-44)40-5-4-6-43(29-40)61-50(70)7-20-78-23-25-80-27-28-81-26-24-79-21-8-60-51(71)35-64-13-15-65(36-52(72)73)11-9-63(17-19-69)10-12-66(16-14-64)37-53(74)75/h4-6,19,29-34H,7-18,20-28,35-39H2,1-3H3,(H,60,71)(H,61,70)(H,72,73)(H,74,75). The zero-order valence-electron chi connectivity index (χ0n) is 47.2. The Morgan fingerprint density at radius 2 is 1.30 bits per heavy atom. The lowest BCUT2D eigenvalue weighted by atomic mass is 9.95. The fraction of sp³-hybridized carbons (Fsp3) is 0.526. The molecule has 4 aromatic rings. The van der Waals surface area contributed by atoms with E-state index in [1.807, 2.05) is 47.9 Å². The normalized spacial score (nSPS) is 16.4. The molecule has 0 atom stereocenters. The minimum Gasteiger partial charge on any atom is -0.496 e. The summed E-state index contributed by atoms with van der Waals surface area (Å²) >= 11 is 13.0. The van der Waals surface area contributed by atoms with Gasteiger partial charge in [0, 0.05) is 104 Å². The molecule has 83 heavy (non-hydrogen) atoms. The number of carbonyl (C=O) groups is 6. The van der Waals surface area contributed by atoms with Gasteiger partial charge in [0.05, 0.1) is 123 Å². The summed E-state index contributed by atoms with van der Waals surface area (Å²) in [6.45, 7) is 10.7. The van der Waals surface area contributed by atoms with E-state index in [9.17, 15) is 39.0 Å². The molecule has 0 bridgehead atoms. The van der Waals surface area contributed by atoms with Crippen molar-refractivity contribution in [3.05, 3.63) is 75.9 Å². The van der Waals surface area contributed by atoms with Crippen molar-refractivity contribution < 1.29 is 72.1 Å². The minimum absolute atomic E-state index is 0.0371. The molecule has 2 fully saturated rings. The predicted octanol–water partition coefficient (Wildman–Crippen LogP) is 3.77. The Hall–Kier alpha value is -6.29. The lowest BCUT2D eigenvalue weighted by molar-refractivity contribution is -0.139. The molecule has 1 aromatic heterocycles. The number of hydrogen-bond acceptors (Lipinski definition) is 18. The molecule has 7 rings (SSSR count). The van der Waals surface area contributed by atoms with Crippen LogP contribution < -0.4 is 20.1 Å². The summed E-state index contributed by atoms with van der Waals surface area (Å²) in [5.74, 6) is -1.64. The van der Waals surface area contributed by atoms with Crippen molar-refractivity contribution in [2.24, 2.45) is 0 Å². The van der Waals surface area contributed by atoms with Crippen LogP contribution in [-0.4, -0.2) is 251 Å². The van der Waals surface area contributed by atoms with Gasteiger partial charge in [0.1, 0.15) is 24.4 Å². The van der Waals surface area contributed by atoms with Gasteiger partial charge in [0.25, 0.3) is 5.91 Å². The molecule has 3 aliphatic rings. The lowest BCUT2D eigenvalue weighted by Gasteiger charge is -2.41. The van der Waals surface area contributed by atoms with E-state index in [2.05, 4.69) is 10.6 Å². The summed E-state index contributed by atoms with van der Waals surface area (Å²) in [5, 5.41) is 30.5. The van der Waals surface area contributed by atoms with Crippen molar-refractivity contribution in [2.75, 3.05) is 170 Å². The molecular weight excluding hydrogens is 1120 g/mol. The van der Waals surface area contributed by atoms with Crippen molar-refractivity contribution in [2.45, 2.75) is 32.4 Å². The number of aldehydes is 1. The number of nitrogens with zero attached hydrogens (tertiary/aromatic N) is 7. The molecule has 3 aliphatic heterocycles. The Morgan fingerprint density at radius 3 is 1.89 bits per heavy atom. The van der Waals surface area contributed by atoms with E-state index < -0.39 is 17.5 Å². The van der Waals surface area contributed by atoms with Crippen LogP contribution in [0.25, 0.3) is 28.1 Å². The number of nitrogens with one attached hydrogen (secondary N) is 2. The van der Waals surface area contributed by atoms with E-state index in [1.54, 1.807) is 56.8 Å². The zero-order valence-corrected chi connectivity index (χ0v) is 48.8. The first-order valence-electron chi connectivity index (χ1n) is 27.6.